The Morgan fingerprint density at radius 3 is 2.50 bits per heavy atom. The van der Waals surface area contributed by atoms with E-state index in [1.807, 2.05) is 4.90 Å². The van der Waals surface area contributed by atoms with E-state index >= 15 is 0 Å². The number of hydrogen-bond donors (Lipinski definition) is 3. The van der Waals surface area contributed by atoms with Gasteiger partial charge in [-0.25, -0.2) is 10.2 Å². The molecule has 2 atom stereocenters. The lowest BCUT2D eigenvalue weighted by Crippen LogP contribution is -2.48. The van der Waals surface area contributed by atoms with Crippen LogP contribution in [0.3, 0.4) is 0 Å². The van der Waals surface area contributed by atoms with Crippen LogP contribution in [0.15, 0.2) is 42.5 Å². The SMILES string of the molecule is COc1ccc(C(=O)O)cc1-c1ccc([C@@H]2CC23CCN(C(=O)C2CCNN2)CC3)cc1. The molecule has 3 fully saturated rings. The van der Waals surface area contributed by atoms with Crippen molar-refractivity contribution in [1.29, 1.82) is 0 Å². The maximum absolute atomic E-state index is 12.7. The smallest absolute Gasteiger partial charge is 0.335 e. The molecule has 2 aliphatic heterocycles. The number of ether oxygens (including phenoxy) is 1. The number of nitrogens with zero attached hydrogens (tertiary/aromatic N) is 1. The number of piperidine rings is 1. The Kier molecular flexibility index (Phi) is 5.39. The highest BCUT2D eigenvalue weighted by Gasteiger charge is 2.55. The van der Waals surface area contributed by atoms with Crippen LogP contribution < -0.4 is 15.6 Å². The fourth-order valence-electron chi connectivity index (χ4n) is 5.40. The van der Waals surface area contributed by atoms with Crippen LogP contribution in [0.1, 0.15) is 47.5 Å². The molecule has 1 saturated carbocycles. The highest BCUT2D eigenvalue weighted by molar-refractivity contribution is 5.90. The van der Waals surface area contributed by atoms with Gasteiger partial charge in [0.05, 0.1) is 12.7 Å². The zero-order valence-electron chi connectivity index (χ0n) is 18.3. The number of methoxy groups -OCH3 is 1. The van der Waals surface area contributed by atoms with Gasteiger partial charge in [-0.2, -0.15) is 0 Å². The third-order valence-electron chi connectivity index (χ3n) is 7.46. The summed E-state index contributed by atoms with van der Waals surface area (Å²) in [6, 6.07) is 13.3. The van der Waals surface area contributed by atoms with Gasteiger partial charge in [0.15, 0.2) is 0 Å². The zero-order chi connectivity index (χ0) is 22.3. The van der Waals surface area contributed by atoms with Gasteiger partial charge < -0.3 is 14.7 Å². The first-order chi connectivity index (χ1) is 15.5. The lowest BCUT2D eigenvalue weighted by molar-refractivity contribution is -0.134. The first-order valence-corrected chi connectivity index (χ1v) is 11.3. The number of benzene rings is 2. The topological polar surface area (TPSA) is 90.9 Å². The number of amides is 1. The van der Waals surface area contributed by atoms with Crippen LogP contribution >= 0.6 is 0 Å². The highest BCUT2D eigenvalue weighted by Crippen LogP contribution is 2.65. The lowest BCUT2D eigenvalue weighted by Gasteiger charge is -2.34. The molecule has 1 spiro atoms. The average molecular weight is 436 g/mol. The average Bonchev–Trinajstić information content (AvgIpc) is 3.24. The Balaban J connectivity index is 1.26. The Labute approximate surface area is 187 Å². The van der Waals surface area contributed by atoms with Gasteiger partial charge in [0.1, 0.15) is 11.8 Å². The Morgan fingerprint density at radius 2 is 1.88 bits per heavy atom. The lowest BCUT2D eigenvalue weighted by atomic mass is 9.88. The number of nitrogens with one attached hydrogen (secondary N) is 2. The van der Waals surface area contributed by atoms with Crippen LogP contribution in [-0.4, -0.2) is 54.7 Å². The number of carboxylic acids is 1. The molecule has 7 heteroatoms. The van der Waals surface area contributed by atoms with Crippen molar-refractivity contribution in [3.8, 4) is 16.9 Å². The molecule has 1 unspecified atom stereocenters. The van der Waals surface area contributed by atoms with Gasteiger partial charge in [-0.1, -0.05) is 24.3 Å². The number of carbonyl (C=O) groups excluding carboxylic acids is 1. The molecule has 1 amide bonds. The van der Waals surface area contributed by atoms with Crippen molar-refractivity contribution in [3.05, 3.63) is 53.6 Å². The second-order valence-corrected chi connectivity index (χ2v) is 9.20. The van der Waals surface area contributed by atoms with Crippen LogP contribution in [0.5, 0.6) is 5.75 Å². The molecular weight excluding hydrogens is 406 g/mol. The quantitative estimate of drug-likeness (QED) is 0.669. The van der Waals surface area contributed by atoms with E-state index in [2.05, 4.69) is 35.1 Å². The minimum absolute atomic E-state index is 0.0804. The van der Waals surface area contributed by atoms with Crippen LogP contribution in [0.2, 0.25) is 0 Å². The fraction of sp³-hybridized carbons (Fsp3) is 0.440. The van der Waals surface area contributed by atoms with Crippen LogP contribution in [-0.2, 0) is 4.79 Å². The molecule has 5 rings (SSSR count). The Bertz CT molecular complexity index is 1020. The van der Waals surface area contributed by atoms with E-state index in [0.717, 1.165) is 50.0 Å². The summed E-state index contributed by atoms with van der Waals surface area (Å²) >= 11 is 0. The third kappa shape index (κ3) is 3.76. The standard InChI is InChI=1S/C25H29N3O4/c1-32-22-7-6-18(24(30)31)14-19(22)16-2-4-17(5-3-16)20-15-25(20)9-12-28(13-10-25)23(29)21-8-11-26-27-21/h2-7,14,20-21,26-27H,8-13,15H2,1H3,(H,30,31)/t20-,21?/m0/s1. The van der Waals surface area contributed by atoms with Crippen molar-refractivity contribution in [2.45, 2.75) is 37.6 Å². The van der Waals surface area contributed by atoms with Gasteiger partial charge in [0.2, 0.25) is 5.91 Å². The van der Waals surface area contributed by atoms with Gasteiger partial charge in [-0.05, 0) is 66.3 Å². The van der Waals surface area contributed by atoms with Crippen molar-refractivity contribution in [1.82, 2.24) is 15.8 Å². The maximum Gasteiger partial charge on any atom is 0.335 e. The second-order valence-electron chi connectivity index (χ2n) is 9.20. The summed E-state index contributed by atoms with van der Waals surface area (Å²) in [6.07, 6.45) is 4.14. The molecule has 2 saturated heterocycles. The summed E-state index contributed by atoms with van der Waals surface area (Å²) in [5.41, 5.74) is 9.74. The normalized spacial score (nSPS) is 23.8. The molecule has 3 aliphatic rings. The zero-order valence-corrected chi connectivity index (χ0v) is 18.3. The number of aromatic carboxylic acids is 1. The number of carboxylic acid groups (broad SMARTS) is 1. The predicted octanol–water partition coefficient (Wildman–Crippen LogP) is 3.02. The molecule has 2 aromatic rings. The summed E-state index contributed by atoms with van der Waals surface area (Å²) < 4.78 is 5.45. The molecule has 168 valence electrons. The number of hydrazine groups is 1. The molecular formula is C25H29N3O4. The molecule has 7 nitrogen and oxygen atoms in total. The van der Waals surface area contributed by atoms with E-state index in [9.17, 15) is 14.7 Å². The van der Waals surface area contributed by atoms with Crippen LogP contribution in [0, 0.1) is 5.41 Å². The summed E-state index contributed by atoms with van der Waals surface area (Å²) in [5.74, 6) is 0.473. The largest absolute Gasteiger partial charge is 0.496 e. The number of carbonyl (C=O) groups is 2. The summed E-state index contributed by atoms with van der Waals surface area (Å²) in [4.78, 5) is 26.0. The molecule has 2 aromatic carbocycles. The molecule has 32 heavy (non-hydrogen) atoms. The van der Waals surface area contributed by atoms with E-state index in [1.165, 1.54) is 12.0 Å². The third-order valence-corrected chi connectivity index (χ3v) is 7.46. The maximum atomic E-state index is 12.7. The van der Waals surface area contributed by atoms with Gasteiger partial charge >= 0.3 is 5.97 Å². The van der Waals surface area contributed by atoms with Gasteiger partial charge in [-0.3, -0.25) is 10.2 Å². The molecule has 0 radical (unpaired) electrons. The van der Waals surface area contributed by atoms with Crippen molar-refractivity contribution in [3.63, 3.8) is 0 Å². The van der Waals surface area contributed by atoms with Crippen LogP contribution in [0.4, 0.5) is 0 Å². The van der Waals surface area contributed by atoms with Gasteiger partial charge in [0, 0.05) is 25.2 Å². The Morgan fingerprint density at radius 1 is 1.12 bits per heavy atom. The van der Waals surface area contributed by atoms with Gasteiger partial charge in [0.25, 0.3) is 0 Å². The van der Waals surface area contributed by atoms with Crippen molar-refractivity contribution < 1.29 is 19.4 Å². The van der Waals surface area contributed by atoms with E-state index in [0.29, 0.717) is 17.1 Å². The van der Waals surface area contributed by atoms with E-state index in [4.69, 9.17) is 4.74 Å². The fourth-order valence-corrected chi connectivity index (χ4v) is 5.40. The minimum Gasteiger partial charge on any atom is -0.496 e. The monoisotopic (exact) mass is 435 g/mol. The Hall–Kier alpha value is -2.90. The van der Waals surface area contributed by atoms with Crippen molar-refractivity contribution in [2.24, 2.45) is 5.41 Å². The van der Waals surface area contributed by atoms with Crippen molar-refractivity contribution in [2.75, 3.05) is 26.7 Å². The second kappa shape index (κ2) is 8.22. The van der Waals surface area contributed by atoms with E-state index in [-0.39, 0.29) is 17.5 Å². The highest BCUT2D eigenvalue weighted by atomic mass is 16.5. The molecule has 0 aromatic heterocycles. The molecule has 1 aliphatic carbocycles. The first-order valence-electron chi connectivity index (χ1n) is 11.3. The number of likely N-dealkylation sites (tertiary alicyclic amines) is 1. The predicted molar refractivity (Wildman–Crippen MR) is 121 cm³/mol. The van der Waals surface area contributed by atoms with E-state index < -0.39 is 5.97 Å². The summed E-state index contributed by atoms with van der Waals surface area (Å²) in [7, 11) is 1.60. The number of rotatable bonds is 5. The van der Waals surface area contributed by atoms with Crippen LogP contribution in [0.25, 0.3) is 11.1 Å². The van der Waals surface area contributed by atoms with E-state index in [1.54, 1.807) is 25.3 Å². The summed E-state index contributed by atoms with van der Waals surface area (Å²) in [6.45, 7) is 2.52. The molecule has 0 bridgehead atoms. The molecule has 2 heterocycles. The molecule has 3 N–H and O–H groups in total. The number of hydrogen-bond acceptors (Lipinski definition) is 5. The summed E-state index contributed by atoms with van der Waals surface area (Å²) in [5, 5.41) is 9.33. The minimum atomic E-state index is -0.949. The van der Waals surface area contributed by atoms with Crippen molar-refractivity contribution >= 4 is 11.9 Å². The first kappa shape index (κ1) is 21.0. The van der Waals surface area contributed by atoms with Gasteiger partial charge in [-0.15, -0.1) is 0 Å².